The van der Waals surface area contributed by atoms with Crippen LogP contribution in [0.4, 0.5) is 0 Å². The largest absolute Gasteiger partial charge is 0.491 e. The number of aromatic nitrogens is 2. The average molecular weight is 336 g/mol. The number of amides is 1. The van der Waals surface area contributed by atoms with Gasteiger partial charge in [-0.3, -0.25) is 9.48 Å². The number of ether oxygens (including phenoxy) is 1. The van der Waals surface area contributed by atoms with E-state index in [1.807, 2.05) is 44.2 Å². The number of nitrogens with one attached hydrogen (secondary N) is 1. The fourth-order valence-electron chi connectivity index (χ4n) is 2.25. The number of hydrogen-bond donors (Lipinski definition) is 1. The van der Waals surface area contributed by atoms with Crippen LogP contribution in [-0.2, 0) is 6.54 Å². The second kappa shape index (κ2) is 8.02. The van der Waals surface area contributed by atoms with Gasteiger partial charge in [-0.2, -0.15) is 5.10 Å². The van der Waals surface area contributed by atoms with Crippen molar-refractivity contribution < 1.29 is 9.53 Å². The summed E-state index contributed by atoms with van der Waals surface area (Å²) < 4.78 is 7.33. The number of para-hydroxylation sites is 1. The highest BCUT2D eigenvalue weighted by molar-refractivity contribution is 6.33. The second-order valence-corrected chi connectivity index (χ2v) is 5.63. The lowest BCUT2D eigenvalue weighted by Gasteiger charge is -2.17. The molecule has 124 valence electrons. The lowest BCUT2D eigenvalue weighted by Crippen LogP contribution is -2.39. The molecule has 0 aliphatic heterocycles. The summed E-state index contributed by atoms with van der Waals surface area (Å²) in [5.41, 5.74) is 1.07. The molecule has 2 aromatic rings. The standard InChI is InChI=1S/C17H22ClN3O2/c1-4-13(11-23-14-9-7-6-8-10-14)19-17(22)15-12(3)20-21(5-2)16(15)18/h6-10,13H,4-5,11H2,1-3H3,(H,19,22)/t13-/m1/s1. The van der Waals surface area contributed by atoms with Crippen molar-refractivity contribution in [2.24, 2.45) is 0 Å². The summed E-state index contributed by atoms with van der Waals surface area (Å²) in [6.07, 6.45) is 0.761. The molecule has 0 saturated heterocycles. The molecule has 1 N–H and O–H groups in total. The maximum atomic E-state index is 12.5. The molecule has 0 bridgehead atoms. The van der Waals surface area contributed by atoms with Crippen LogP contribution in [0.15, 0.2) is 30.3 Å². The molecule has 0 saturated carbocycles. The number of benzene rings is 1. The Hall–Kier alpha value is -2.01. The third-order valence-corrected chi connectivity index (χ3v) is 4.00. The van der Waals surface area contributed by atoms with Crippen LogP contribution in [0.1, 0.15) is 36.3 Å². The van der Waals surface area contributed by atoms with E-state index in [0.717, 1.165) is 12.2 Å². The first-order valence-electron chi connectivity index (χ1n) is 7.78. The fourth-order valence-corrected chi connectivity index (χ4v) is 2.63. The Labute approximate surface area is 141 Å². The van der Waals surface area contributed by atoms with Gasteiger partial charge in [0.2, 0.25) is 0 Å². The van der Waals surface area contributed by atoms with Crippen molar-refractivity contribution in [3.8, 4) is 5.75 Å². The van der Waals surface area contributed by atoms with E-state index in [-0.39, 0.29) is 11.9 Å². The van der Waals surface area contributed by atoms with Crippen molar-refractivity contribution in [3.05, 3.63) is 46.7 Å². The normalized spacial score (nSPS) is 12.0. The molecule has 0 spiro atoms. The van der Waals surface area contributed by atoms with Crippen molar-refractivity contribution in [1.29, 1.82) is 0 Å². The number of carbonyl (C=O) groups is 1. The zero-order valence-corrected chi connectivity index (χ0v) is 14.4. The zero-order chi connectivity index (χ0) is 16.8. The van der Waals surface area contributed by atoms with Gasteiger partial charge in [0, 0.05) is 6.54 Å². The number of carbonyl (C=O) groups excluding carboxylic acids is 1. The van der Waals surface area contributed by atoms with E-state index in [1.165, 1.54) is 0 Å². The number of nitrogens with zero attached hydrogens (tertiary/aromatic N) is 2. The SMILES string of the molecule is CC[C@H](COc1ccccc1)NC(=O)c1c(C)nn(CC)c1Cl. The summed E-state index contributed by atoms with van der Waals surface area (Å²) in [5, 5.41) is 7.62. The van der Waals surface area contributed by atoms with E-state index in [2.05, 4.69) is 10.4 Å². The van der Waals surface area contributed by atoms with Crippen LogP contribution in [0, 0.1) is 6.92 Å². The van der Waals surface area contributed by atoms with E-state index < -0.39 is 0 Å². The molecule has 0 fully saturated rings. The van der Waals surface area contributed by atoms with Crippen LogP contribution in [0.2, 0.25) is 5.15 Å². The highest BCUT2D eigenvalue weighted by Gasteiger charge is 2.22. The molecular weight excluding hydrogens is 314 g/mol. The van der Waals surface area contributed by atoms with Crippen LogP contribution in [0.3, 0.4) is 0 Å². The molecule has 0 aliphatic carbocycles. The summed E-state index contributed by atoms with van der Waals surface area (Å²) in [6, 6.07) is 9.45. The summed E-state index contributed by atoms with van der Waals surface area (Å²) in [5.74, 6) is 0.573. The number of aryl methyl sites for hydroxylation is 2. The lowest BCUT2D eigenvalue weighted by molar-refractivity contribution is 0.0919. The molecule has 23 heavy (non-hydrogen) atoms. The van der Waals surface area contributed by atoms with Crippen molar-refractivity contribution in [2.45, 2.75) is 39.8 Å². The van der Waals surface area contributed by atoms with Gasteiger partial charge in [0.15, 0.2) is 0 Å². The summed E-state index contributed by atoms with van der Waals surface area (Å²) in [6.45, 7) is 6.76. The third-order valence-electron chi connectivity index (χ3n) is 3.61. The predicted octanol–water partition coefficient (Wildman–Crippen LogP) is 3.45. The van der Waals surface area contributed by atoms with Crippen molar-refractivity contribution in [1.82, 2.24) is 15.1 Å². The lowest BCUT2D eigenvalue weighted by atomic mass is 10.2. The maximum Gasteiger partial charge on any atom is 0.256 e. The van der Waals surface area contributed by atoms with Gasteiger partial charge in [0.05, 0.1) is 17.3 Å². The van der Waals surface area contributed by atoms with E-state index in [1.54, 1.807) is 11.6 Å². The molecule has 1 amide bonds. The van der Waals surface area contributed by atoms with Crippen LogP contribution in [-0.4, -0.2) is 28.3 Å². The fraction of sp³-hybridized carbons (Fsp3) is 0.412. The van der Waals surface area contributed by atoms with Gasteiger partial charge >= 0.3 is 0 Å². The molecule has 1 heterocycles. The Kier molecular flexibility index (Phi) is 6.04. The monoisotopic (exact) mass is 335 g/mol. The minimum atomic E-state index is -0.212. The van der Waals surface area contributed by atoms with E-state index in [0.29, 0.717) is 29.6 Å². The molecule has 2 rings (SSSR count). The molecule has 0 aliphatic rings. The Bertz CT molecular complexity index is 655. The Balaban J connectivity index is 2.01. The molecule has 5 nitrogen and oxygen atoms in total. The molecule has 1 aromatic heterocycles. The summed E-state index contributed by atoms with van der Waals surface area (Å²) in [7, 11) is 0. The van der Waals surface area contributed by atoms with Crippen LogP contribution < -0.4 is 10.1 Å². The Morgan fingerprint density at radius 2 is 2.04 bits per heavy atom. The van der Waals surface area contributed by atoms with E-state index in [9.17, 15) is 4.79 Å². The highest BCUT2D eigenvalue weighted by atomic mass is 35.5. The summed E-state index contributed by atoms with van der Waals surface area (Å²) in [4.78, 5) is 12.5. The van der Waals surface area contributed by atoms with Gasteiger partial charge in [-0.25, -0.2) is 0 Å². The number of rotatable bonds is 7. The predicted molar refractivity (Wildman–Crippen MR) is 91.1 cm³/mol. The molecule has 1 aromatic carbocycles. The van der Waals surface area contributed by atoms with Crippen LogP contribution >= 0.6 is 11.6 Å². The first-order chi connectivity index (χ1) is 11.1. The second-order valence-electron chi connectivity index (χ2n) is 5.27. The van der Waals surface area contributed by atoms with Crippen LogP contribution in [0.25, 0.3) is 0 Å². The Morgan fingerprint density at radius 1 is 1.35 bits per heavy atom. The maximum absolute atomic E-state index is 12.5. The number of hydrogen-bond acceptors (Lipinski definition) is 3. The number of halogens is 1. The van der Waals surface area contributed by atoms with Gasteiger partial charge in [-0.1, -0.05) is 36.7 Å². The van der Waals surface area contributed by atoms with Crippen molar-refractivity contribution >= 4 is 17.5 Å². The molecule has 0 radical (unpaired) electrons. The van der Waals surface area contributed by atoms with E-state index >= 15 is 0 Å². The van der Waals surface area contributed by atoms with Crippen LogP contribution in [0.5, 0.6) is 5.75 Å². The molecular formula is C17H22ClN3O2. The Morgan fingerprint density at radius 3 is 2.61 bits per heavy atom. The highest BCUT2D eigenvalue weighted by Crippen LogP contribution is 2.20. The minimum Gasteiger partial charge on any atom is -0.491 e. The van der Waals surface area contributed by atoms with Gasteiger partial charge in [0.1, 0.15) is 17.5 Å². The quantitative estimate of drug-likeness (QED) is 0.843. The van der Waals surface area contributed by atoms with Crippen molar-refractivity contribution in [3.63, 3.8) is 0 Å². The van der Waals surface area contributed by atoms with Gasteiger partial charge in [-0.05, 0) is 32.4 Å². The summed E-state index contributed by atoms with van der Waals surface area (Å²) >= 11 is 6.23. The molecule has 0 unspecified atom stereocenters. The zero-order valence-electron chi connectivity index (χ0n) is 13.7. The average Bonchev–Trinajstić information content (AvgIpc) is 2.86. The third kappa shape index (κ3) is 4.26. The minimum absolute atomic E-state index is 0.0943. The van der Waals surface area contributed by atoms with E-state index in [4.69, 9.17) is 16.3 Å². The van der Waals surface area contributed by atoms with Crippen molar-refractivity contribution in [2.75, 3.05) is 6.61 Å². The molecule has 6 heteroatoms. The first-order valence-corrected chi connectivity index (χ1v) is 8.16. The smallest absolute Gasteiger partial charge is 0.256 e. The van der Waals surface area contributed by atoms with Gasteiger partial charge in [0.25, 0.3) is 5.91 Å². The first kappa shape index (κ1) is 17.3. The van der Waals surface area contributed by atoms with Gasteiger partial charge < -0.3 is 10.1 Å². The topological polar surface area (TPSA) is 56.1 Å². The molecule has 1 atom stereocenters. The van der Waals surface area contributed by atoms with Gasteiger partial charge in [-0.15, -0.1) is 0 Å².